The molecule has 0 unspecified atom stereocenters. The first-order valence-corrected chi connectivity index (χ1v) is 22.1. The highest BCUT2D eigenvalue weighted by Gasteiger charge is 2.45. The van der Waals surface area contributed by atoms with E-state index in [4.69, 9.17) is 4.74 Å². The zero-order valence-electron chi connectivity index (χ0n) is 35.7. The minimum absolute atomic E-state index is 0.615. The molecule has 0 aromatic heterocycles. The number of hydrogen-bond donors (Lipinski definition) is 0. The van der Waals surface area contributed by atoms with Gasteiger partial charge in [0.15, 0.2) is 0 Å². The average Bonchev–Trinajstić information content (AvgIpc) is 3.39. The van der Waals surface area contributed by atoms with Gasteiger partial charge < -0.3 is 19.4 Å². The van der Waals surface area contributed by atoms with Gasteiger partial charge in [0, 0.05) is 62.3 Å². The Kier molecular flexibility index (Phi) is 10.4. The molecule has 1 aliphatic heterocycles. The quantitative estimate of drug-likeness (QED) is 0.129. The molecular weight excluding hydrogens is 791 g/mol. The van der Waals surface area contributed by atoms with Crippen molar-refractivity contribution in [3.63, 3.8) is 0 Å². The average molecular weight is 836 g/mol. The summed E-state index contributed by atoms with van der Waals surface area (Å²) in [4.78, 5) is 6.95. The van der Waals surface area contributed by atoms with E-state index in [1.165, 1.54) is 5.56 Å². The van der Waals surface area contributed by atoms with Crippen LogP contribution in [0.3, 0.4) is 0 Å². The molecule has 4 heteroatoms. The van der Waals surface area contributed by atoms with Crippen LogP contribution in [0, 0.1) is 0 Å². The number of benzene rings is 10. The second kappa shape index (κ2) is 17.3. The minimum atomic E-state index is -0.615. The zero-order valence-corrected chi connectivity index (χ0v) is 35.7. The number of ether oxygens (including phenoxy) is 1. The van der Waals surface area contributed by atoms with E-state index in [9.17, 15) is 0 Å². The van der Waals surface area contributed by atoms with Gasteiger partial charge >= 0.3 is 0 Å². The second-order valence-corrected chi connectivity index (χ2v) is 16.1. The Morgan fingerprint density at radius 2 is 0.446 bits per heavy atom. The Labute approximate surface area is 381 Å². The van der Waals surface area contributed by atoms with Gasteiger partial charge in [-0.05, 0) is 132 Å². The molecule has 10 aromatic carbocycles. The Hall–Kier alpha value is -8.60. The summed E-state index contributed by atoms with van der Waals surface area (Å²) < 4.78 is 6.60. The monoisotopic (exact) mass is 835 g/mol. The third-order valence-corrected chi connectivity index (χ3v) is 12.4. The SMILES string of the molecule is c1ccc(N(c2ccccc2)c2ccc(N(c3ccc(N(c4ccccc4)c4ccccc4)cc3)c3ccc(C4(c5ccccc5)c5ccccc5Oc5ccccc54)cc3)cc2)cc1. The lowest BCUT2D eigenvalue weighted by atomic mass is 9.63. The summed E-state index contributed by atoms with van der Waals surface area (Å²) in [5.41, 5.74) is 13.6. The molecule has 1 aliphatic rings. The van der Waals surface area contributed by atoms with E-state index in [1.54, 1.807) is 0 Å². The van der Waals surface area contributed by atoms with Crippen LogP contribution in [0.5, 0.6) is 11.5 Å². The summed E-state index contributed by atoms with van der Waals surface area (Å²) in [6.07, 6.45) is 0. The minimum Gasteiger partial charge on any atom is -0.457 e. The number of hydrogen-bond acceptors (Lipinski definition) is 4. The predicted octanol–water partition coefficient (Wildman–Crippen LogP) is 16.6. The van der Waals surface area contributed by atoms with Gasteiger partial charge in [0.25, 0.3) is 0 Å². The zero-order chi connectivity index (χ0) is 43.4. The van der Waals surface area contributed by atoms with Crippen molar-refractivity contribution < 1.29 is 4.74 Å². The maximum atomic E-state index is 6.60. The lowest BCUT2D eigenvalue weighted by molar-refractivity contribution is 0.434. The summed E-state index contributed by atoms with van der Waals surface area (Å²) in [5.74, 6) is 1.72. The van der Waals surface area contributed by atoms with Crippen LogP contribution in [0.1, 0.15) is 22.3 Å². The van der Waals surface area contributed by atoms with Gasteiger partial charge in [-0.25, -0.2) is 0 Å². The topological polar surface area (TPSA) is 19.0 Å². The van der Waals surface area contributed by atoms with Crippen LogP contribution in [0.4, 0.5) is 51.2 Å². The first-order valence-electron chi connectivity index (χ1n) is 22.1. The van der Waals surface area contributed by atoms with Crippen LogP contribution >= 0.6 is 0 Å². The van der Waals surface area contributed by atoms with E-state index in [2.05, 4.69) is 288 Å². The summed E-state index contributed by atoms with van der Waals surface area (Å²) in [6, 6.07) is 96.9. The molecule has 0 bridgehead atoms. The predicted molar refractivity (Wildman–Crippen MR) is 269 cm³/mol. The molecule has 0 atom stereocenters. The highest BCUT2D eigenvalue weighted by atomic mass is 16.5. The van der Waals surface area contributed by atoms with E-state index >= 15 is 0 Å². The van der Waals surface area contributed by atoms with E-state index in [1.807, 2.05) is 0 Å². The summed E-state index contributed by atoms with van der Waals surface area (Å²) in [5, 5.41) is 0. The molecule has 310 valence electrons. The van der Waals surface area contributed by atoms with Crippen LogP contribution in [0.25, 0.3) is 0 Å². The van der Waals surface area contributed by atoms with Crippen molar-refractivity contribution in [1.82, 2.24) is 0 Å². The van der Waals surface area contributed by atoms with Crippen molar-refractivity contribution in [2.24, 2.45) is 0 Å². The number of anilines is 9. The number of rotatable bonds is 11. The maximum Gasteiger partial charge on any atom is 0.132 e. The highest BCUT2D eigenvalue weighted by Crippen LogP contribution is 2.55. The fraction of sp³-hybridized carbons (Fsp3) is 0.0164. The van der Waals surface area contributed by atoms with Gasteiger partial charge in [0.2, 0.25) is 0 Å². The summed E-state index contributed by atoms with van der Waals surface area (Å²) in [7, 11) is 0. The fourth-order valence-corrected chi connectivity index (χ4v) is 9.48. The van der Waals surface area contributed by atoms with E-state index in [0.29, 0.717) is 0 Å². The third kappa shape index (κ3) is 7.27. The molecule has 0 aliphatic carbocycles. The van der Waals surface area contributed by atoms with Crippen molar-refractivity contribution >= 4 is 51.2 Å². The Morgan fingerprint density at radius 3 is 0.769 bits per heavy atom. The molecule has 0 spiro atoms. The van der Waals surface area contributed by atoms with Gasteiger partial charge in [0.1, 0.15) is 11.5 Å². The van der Waals surface area contributed by atoms with Gasteiger partial charge in [0.05, 0.1) is 5.41 Å². The Morgan fingerprint density at radius 1 is 0.215 bits per heavy atom. The number of fused-ring (bicyclic) bond motifs is 2. The molecule has 0 saturated heterocycles. The van der Waals surface area contributed by atoms with Crippen molar-refractivity contribution in [3.8, 4) is 11.5 Å². The van der Waals surface area contributed by atoms with Crippen LogP contribution in [-0.4, -0.2) is 0 Å². The summed E-state index contributed by atoms with van der Waals surface area (Å²) in [6.45, 7) is 0. The number of para-hydroxylation sites is 6. The van der Waals surface area contributed by atoms with Crippen molar-refractivity contribution in [1.29, 1.82) is 0 Å². The highest BCUT2D eigenvalue weighted by molar-refractivity contribution is 5.84. The maximum absolute atomic E-state index is 6.60. The molecule has 11 rings (SSSR count). The molecule has 65 heavy (non-hydrogen) atoms. The second-order valence-electron chi connectivity index (χ2n) is 16.1. The van der Waals surface area contributed by atoms with Gasteiger partial charge in [-0.15, -0.1) is 0 Å². The molecule has 0 saturated carbocycles. The van der Waals surface area contributed by atoms with Crippen molar-refractivity contribution in [2.75, 3.05) is 14.7 Å². The Balaban J connectivity index is 1.05. The van der Waals surface area contributed by atoms with Crippen molar-refractivity contribution in [3.05, 3.63) is 295 Å². The smallest absolute Gasteiger partial charge is 0.132 e. The normalized spacial score (nSPS) is 12.2. The molecular formula is C61H45N3O. The third-order valence-electron chi connectivity index (χ3n) is 12.4. The summed E-state index contributed by atoms with van der Waals surface area (Å²) >= 11 is 0. The molecule has 1 heterocycles. The Bertz CT molecular complexity index is 2890. The molecule has 0 fully saturated rings. The van der Waals surface area contributed by atoms with Crippen LogP contribution < -0.4 is 19.4 Å². The van der Waals surface area contributed by atoms with Crippen LogP contribution in [0.15, 0.2) is 273 Å². The molecule has 0 amide bonds. The van der Waals surface area contributed by atoms with Gasteiger partial charge in [-0.1, -0.05) is 152 Å². The molecule has 0 radical (unpaired) electrons. The first-order chi connectivity index (χ1) is 32.3. The molecule has 10 aromatic rings. The van der Waals surface area contributed by atoms with Gasteiger partial charge in [-0.3, -0.25) is 0 Å². The molecule has 4 nitrogen and oxygen atoms in total. The van der Waals surface area contributed by atoms with Gasteiger partial charge in [-0.2, -0.15) is 0 Å². The van der Waals surface area contributed by atoms with E-state index < -0.39 is 5.41 Å². The molecule has 0 N–H and O–H groups in total. The fourth-order valence-electron chi connectivity index (χ4n) is 9.48. The lowest BCUT2D eigenvalue weighted by Crippen LogP contribution is -2.34. The van der Waals surface area contributed by atoms with Crippen LogP contribution in [0.2, 0.25) is 0 Å². The standard InChI is InChI=1S/C61H45N3O/c1-6-20-46(21-7-1)61(57-30-16-18-32-59(57)65-60-33-19-17-31-58(60)61)47-34-36-52(37-35-47)64(55-42-38-53(39-43-55)62(48-22-8-2-9-23-48)49-24-10-3-11-25-49)56-44-40-54(41-45-56)63(50-26-12-4-13-27-50)51-28-14-5-15-29-51/h1-45H. The van der Waals surface area contributed by atoms with E-state index in [-0.39, 0.29) is 0 Å². The van der Waals surface area contributed by atoms with Crippen molar-refractivity contribution in [2.45, 2.75) is 5.41 Å². The van der Waals surface area contributed by atoms with E-state index in [0.717, 1.165) is 79.4 Å². The lowest BCUT2D eigenvalue weighted by Gasteiger charge is -2.41. The largest absolute Gasteiger partial charge is 0.457 e. The van der Waals surface area contributed by atoms with Crippen LogP contribution in [-0.2, 0) is 5.41 Å². The first kappa shape index (κ1) is 39.3. The number of nitrogens with zero attached hydrogens (tertiary/aromatic N) is 3.